The van der Waals surface area contributed by atoms with E-state index in [1.807, 2.05) is 31.2 Å². The van der Waals surface area contributed by atoms with Gasteiger partial charge < -0.3 is 20.8 Å². The minimum Gasteiger partial charge on any atom is -0.454 e. The van der Waals surface area contributed by atoms with Crippen molar-refractivity contribution in [3.63, 3.8) is 0 Å². The van der Waals surface area contributed by atoms with Crippen molar-refractivity contribution in [2.45, 2.75) is 19.9 Å². The summed E-state index contributed by atoms with van der Waals surface area (Å²) in [5.74, 6) is 0.792. The molecule has 1 heterocycles. The first-order valence-electron chi connectivity index (χ1n) is 7.74. The largest absolute Gasteiger partial charge is 0.454 e. The fraction of sp³-hybridized carbons (Fsp3) is 0.294. The number of rotatable bonds is 7. The highest BCUT2D eigenvalue weighted by molar-refractivity contribution is 14.0. The van der Waals surface area contributed by atoms with Crippen LogP contribution >= 0.6 is 35.6 Å². The third-order valence-electron chi connectivity index (χ3n) is 3.29. The number of nitrogens with two attached hydrogens (primary N) is 1. The SMILES string of the molecule is CCNC(=NCc1ccc(C(N)=O)o1)NCCc1ccccc1Cl.I. The van der Waals surface area contributed by atoms with Crippen LogP contribution in [0.3, 0.4) is 0 Å². The van der Waals surface area contributed by atoms with Gasteiger partial charge in [0.25, 0.3) is 5.91 Å². The summed E-state index contributed by atoms with van der Waals surface area (Å²) < 4.78 is 5.31. The molecule has 0 radical (unpaired) electrons. The van der Waals surface area contributed by atoms with Gasteiger partial charge in [-0.05, 0) is 37.1 Å². The molecule has 1 aromatic carbocycles. The second-order valence-corrected chi connectivity index (χ2v) is 5.50. The number of hydrogen-bond acceptors (Lipinski definition) is 3. The van der Waals surface area contributed by atoms with Crippen molar-refractivity contribution in [2.75, 3.05) is 13.1 Å². The average Bonchev–Trinajstić information content (AvgIpc) is 3.03. The molecule has 0 aliphatic carbocycles. The molecule has 0 saturated carbocycles. The zero-order valence-corrected chi connectivity index (χ0v) is 17.0. The molecule has 0 bridgehead atoms. The topological polar surface area (TPSA) is 92.6 Å². The van der Waals surface area contributed by atoms with E-state index in [0.29, 0.717) is 24.8 Å². The molecule has 136 valence electrons. The quantitative estimate of drug-likeness (QED) is 0.325. The molecule has 1 aromatic heterocycles. The molecule has 8 heteroatoms. The van der Waals surface area contributed by atoms with Crippen molar-refractivity contribution < 1.29 is 9.21 Å². The van der Waals surface area contributed by atoms with Crippen LogP contribution in [0.15, 0.2) is 45.8 Å². The van der Waals surface area contributed by atoms with Gasteiger partial charge in [0.05, 0.1) is 0 Å². The molecule has 0 spiro atoms. The zero-order chi connectivity index (χ0) is 17.4. The zero-order valence-electron chi connectivity index (χ0n) is 13.9. The summed E-state index contributed by atoms with van der Waals surface area (Å²) >= 11 is 6.15. The Morgan fingerprint density at radius 1 is 1.24 bits per heavy atom. The predicted octanol–water partition coefficient (Wildman–Crippen LogP) is 2.95. The number of halogens is 2. The molecule has 2 aromatic rings. The number of hydrogen-bond donors (Lipinski definition) is 3. The molecular weight excluding hydrogens is 455 g/mol. The standard InChI is InChI=1S/C17H21ClN4O2.HI/c1-2-20-17(21-10-9-12-5-3-4-6-14(12)18)22-11-13-7-8-15(24-13)16(19)23;/h3-8H,2,9-11H2,1H3,(H2,19,23)(H2,20,21,22);1H. The first-order chi connectivity index (χ1) is 11.6. The molecule has 6 nitrogen and oxygen atoms in total. The predicted molar refractivity (Wildman–Crippen MR) is 111 cm³/mol. The molecule has 25 heavy (non-hydrogen) atoms. The summed E-state index contributed by atoms with van der Waals surface area (Å²) in [7, 11) is 0. The van der Waals surface area contributed by atoms with E-state index in [2.05, 4.69) is 15.6 Å². The number of nitrogens with zero attached hydrogens (tertiary/aromatic N) is 1. The maximum Gasteiger partial charge on any atom is 0.284 e. The van der Waals surface area contributed by atoms with Crippen LogP contribution in [0, 0.1) is 0 Å². The van der Waals surface area contributed by atoms with Crippen LogP contribution in [0.4, 0.5) is 0 Å². The van der Waals surface area contributed by atoms with Gasteiger partial charge in [-0.15, -0.1) is 24.0 Å². The monoisotopic (exact) mass is 476 g/mol. The lowest BCUT2D eigenvalue weighted by Gasteiger charge is -2.11. The van der Waals surface area contributed by atoms with E-state index in [-0.39, 0.29) is 29.7 Å². The minimum atomic E-state index is -0.588. The van der Waals surface area contributed by atoms with Crippen LogP contribution in [-0.4, -0.2) is 25.0 Å². The molecule has 0 atom stereocenters. The first-order valence-corrected chi connectivity index (χ1v) is 8.12. The smallest absolute Gasteiger partial charge is 0.284 e. The van der Waals surface area contributed by atoms with E-state index >= 15 is 0 Å². The molecule has 2 rings (SSSR count). The van der Waals surface area contributed by atoms with Gasteiger partial charge in [0.2, 0.25) is 0 Å². The number of carbonyl (C=O) groups excluding carboxylic acids is 1. The molecule has 0 saturated heterocycles. The Kier molecular flexibility index (Phi) is 9.36. The van der Waals surface area contributed by atoms with E-state index < -0.39 is 5.91 Å². The Bertz CT molecular complexity index is 718. The van der Waals surface area contributed by atoms with Gasteiger partial charge >= 0.3 is 0 Å². The Balaban J connectivity index is 0.00000312. The fourth-order valence-electron chi connectivity index (χ4n) is 2.11. The van der Waals surface area contributed by atoms with Crippen molar-refractivity contribution in [1.82, 2.24) is 10.6 Å². The molecule has 0 unspecified atom stereocenters. The highest BCUT2D eigenvalue weighted by Crippen LogP contribution is 2.14. The Labute approximate surface area is 169 Å². The van der Waals surface area contributed by atoms with E-state index in [1.165, 1.54) is 0 Å². The third-order valence-corrected chi connectivity index (χ3v) is 3.66. The number of aliphatic imine (C=N–C) groups is 1. The Morgan fingerprint density at radius 3 is 2.64 bits per heavy atom. The van der Waals surface area contributed by atoms with Gasteiger partial charge in [0, 0.05) is 18.1 Å². The Hall–Kier alpha value is -1.74. The van der Waals surface area contributed by atoms with Crippen LogP contribution in [0.2, 0.25) is 5.02 Å². The van der Waals surface area contributed by atoms with Gasteiger partial charge in [-0.3, -0.25) is 4.79 Å². The number of carbonyl (C=O) groups is 1. The molecule has 1 amide bonds. The van der Waals surface area contributed by atoms with E-state index in [9.17, 15) is 4.79 Å². The maximum absolute atomic E-state index is 11.0. The van der Waals surface area contributed by atoms with Crippen molar-refractivity contribution in [3.05, 3.63) is 58.5 Å². The summed E-state index contributed by atoms with van der Waals surface area (Å²) in [6, 6.07) is 11.0. The molecule has 0 fully saturated rings. The summed E-state index contributed by atoms with van der Waals surface area (Å²) in [5.41, 5.74) is 6.24. The Morgan fingerprint density at radius 2 is 2.00 bits per heavy atom. The lowest BCUT2D eigenvalue weighted by atomic mass is 10.1. The van der Waals surface area contributed by atoms with Gasteiger partial charge in [0.15, 0.2) is 11.7 Å². The van der Waals surface area contributed by atoms with Gasteiger partial charge in [-0.2, -0.15) is 0 Å². The maximum atomic E-state index is 11.0. The van der Waals surface area contributed by atoms with Crippen LogP contribution in [-0.2, 0) is 13.0 Å². The van der Waals surface area contributed by atoms with Gasteiger partial charge in [-0.25, -0.2) is 4.99 Å². The number of furan rings is 1. The highest BCUT2D eigenvalue weighted by atomic mass is 127. The van der Waals surface area contributed by atoms with Gasteiger partial charge in [-0.1, -0.05) is 29.8 Å². The lowest BCUT2D eigenvalue weighted by molar-refractivity contribution is 0.0972. The third kappa shape index (κ3) is 6.95. The number of primary amides is 1. The molecule has 0 aliphatic rings. The van der Waals surface area contributed by atoms with Crippen LogP contribution in [0.1, 0.15) is 28.8 Å². The number of nitrogens with one attached hydrogen (secondary N) is 2. The fourth-order valence-corrected chi connectivity index (χ4v) is 2.34. The van der Waals surface area contributed by atoms with Crippen LogP contribution < -0.4 is 16.4 Å². The summed E-state index contributed by atoms with van der Waals surface area (Å²) in [6.07, 6.45) is 0.788. The summed E-state index contributed by atoms with van der Waals surface area (Å²) in [5, 5.41) is 7.16. The molecule has 4 N–H and O–H groups in total. The number of benzene rings is 1. The lowest BCUT2D eigenvalue weighted by Crippen LogP contribution is -2.38. The van der Waals surface area contributed by atoms with E-state index in [4.69, 9.17) is 21.8 Å². The van der Waals surface area contributed by atoms with Crippen LogP contribution in [0.25, 0.3) is 0 Å². The van der Waals surface area contributed by atoms with Crippen molar-refractivity contribution in [3.8, 4) is 0 Å². The highest BCUT2D eigenvalue weighted by Gasteiger charge is 2.07. The first kappa shape index (κ1) is 21.3. The van der Waals surface area contributed by atoms with Crippen molar-refractivity contribution >= 4 is 47.4 Å². The molecular formula is C17H22ClIN4O2. The molecule has 0 aliphatic heterocycles. The van der Waals surface area contributed by atoms with Crippen molar-refractivity contribution in [1.29, 1.82) is 0 Å². The van der Waals surface area contributed by atoms with Crippen molar-refractivity contribution in [2.24, 2.45) is 10.7 Å². The summed E-state index contributed by atoms with van der Waals surface area (Å²) in [6.45, 7) is 3.74. The minimum absolute atomic E-state index is 0. The van der Waals surface area contributed by atoms with E-state index in [0.717, 1.165) is 23.6 Å². The van der Waals surface area contributed by atoms with Crippen LogP contribution in [0.5, 0.6) is 0 Å². The second kappa shape index (κ2) is 11.0. The van der Waals surface area contributed by atoms with Gasteiger partial charge in [0.1, 0.15) is 12.3 Å². The average molecular weight is 477 g/mol. The van der Waals surface area contributed by atoms with E-state index in [1.54, 1.807) is 12.1 Å². The number of guanidine groups is 1. The summed E-state index contributed by atoms with van der Waals surface area (Å²) in [4.78, 5) is 15.4. The normalized spacial score (nSPS) is 10.9. The second-order valence-electron chi connectivity index (χ2n) is 5.09. The number of amides is 1.